The van der Waals surface area contributed by atoms with Crippen LogP contribution in [0.1, 0.15) is 16.7 Å². The average molecular weight is 185 g/mol. The van der Waals surface area contributed by atoms with Crippen molar-refractivity contribution in [3.05, 3.63) is 34.6 Å². The Bertz CT molecular complexity index is 486. The Morgan fingerprint density at radius 1 is 1.07 bits per heavy atom. The Balaban J connectivity index is 3.37. The van der Waals surface area contributed by atoms with Crippen molar-refractivity contribution in [2.45, 2.75) is 6.42 Å². The summed E-state index contributed by atoms with van der Waals surface area (Å²) < 4.78 is 13.0. The maximum atomic E-state index is 13.0. The van der Waals surface area contributed by atoms with Gasteiger partial charge in [-0.1, -0.05) is 0 Å². The molecular formula is C10H4FN3. The van der Waals surface area contributed by atoms with Gasteiger partial charge < -0.3 is 0 Å². The molecular weight excluding hydrogens is 181 g/mol. The fraction of sp³-hybridized carbons (Fsp3) is 0.100. The van der Waals surface area contributed by atoms with Crippen LogP contribution in [0.3, 0.4) is 0 Å². The zero-order chi connectivity index (χ0) is 10.6. The predicted octanol–water partition coefficient (Wildman–Crippen LogP) is 1.64. The van der Waals surface area contributed by atoms with Gasteiger partial charge in [-0.25, -0.2) is 4.39 Å². The fourth-order valence-electron chi connectivity index (χ4n) is 1.04. The van der Waals surface area contributed by atoms with Crippen LogP contribution in [0.4, 0.5) is 4.39 Å². The molecule has 0 spiro atoms. The molecule has 0 saturated carbocycles. The van der Waals surface area contributed by atoms with Crippen LogP contribution in [-0.2, 0) is 6.42 Å². The lowest BCUT2D eigenvalue weighted by Gasteiger charge is -2.00. The summed E-state index contributed by atoms with van der Waals surface area (Å²) in [5, 5.41) is 25.6. The Hall–Kier alpha value is -2.38. The van der Waals surface area contributed by atoms with E-state index in [1.807, 2.05) is 6.07 Å². The molecule has 0 heterocycles. The first kappa shape index (κ1) is 9.71. The Kier molecular flexibility index (Phi) is 2.79. The van der Waals surface area contributed by atoms with Gasteiger partial charge in [-0.2, -0.15) is 15.8 Å². The van der Waals surface area contributed by atoms with Crippen molar-refractivity contribution in [3.63, 3.8) is 0 Å². The number of halogens is 1. The predicted molar refractivity (Wildman–Crippen MR) is 45.1 cm³/mol. The number of nitriles is 3. The van der Waals surface area contributed by atoms with Crippen molar-refractivity contribution in [1.82, 2.24) is 0 Å². The number of benzene rings is 1. The number of nitrogens with zero attached hydrogens (tertiary/aromatic N) is 3. The third-order valence-corrected chi connectivity index (χ3v) is 1.70. The van der Waals surface area contributed by atoms with Crippen molar-refractivity contribution < 1.29 is 4.39 Å². The zero-order valence-corrected chi connectivity index (χ0v) is 7.08. The summed E-state index contributed by atoms with van der Waals surface area (Å²) in [6.45, 7) is 0. The fourth-order valence-corrected chi connectivity index (χ4v) is 1.04. The van der Waals surface area contributed by atoms with Gasteiger partial charge >= 0.3 is 0 Å². The molecule has 4 heteroatoms. The van der Waals surface area contributed by atoms with Gasteiger partial charge in [-0.15, -0.1) is 0 Å². The highest BCUT2D eigenvalue weighted by Crippen LogP contribution is 2.15. The lowest BCUT2D eigenvalue weighted by Crippen LogP contribution is -1.94. The highest BCUT2D eigenvalue weighted by Gasteiger charge is 2.08. The zero-order valence-electron chi connectivity index (χ0n) is 7.08. The van der Waals surface area contributed by atoms with E-state index in [1.54, 1.807) is 12.1 Å². The molecule has 0 aliphatic carbocycles. The minimum absolute atomic E-state index is 0.00213. The number of hydrogen-bond acceptors (Lipinski definition) is 3. The molecule has 0 fully saturated rings. The molecule has 0 amide bonds. The summed E-state index contributed by atoms with van der Waals surface area (Å²) in [7, 11) is 0. The van der Waals surface area contributed by atoms with Crippen LogP contribution in [0.5, 0.6) is 0 Å². The second-order valence-electron chi connectivity index (χ2n) is 2.55. The molecule has 0 aromatic heterocycles. The SMILES string of the molecule is N#CCc1cc(C#N)c(F)cc1C#N. The summed E-state index contributed by atoms with van der Waals surface area (Å²) in [4.78, 5) is 0. The van der Waals surface area contributed by atoms with Crippen molar-refractivity contribution in [2.75, 3.05) is 0 Å². The Morgan fingerprint density at radius 3 is 2.21 bits per heavy atom. The second kappa shape index (κ2) is 4.03. The molecule has 66 valence electrons. The molecule has 3 nitrogen and oxygen atoms in total. The topological polar surface area (TPSA) is 71.4 Å². The van der Waals surface area contributed by atoms with Crippen molar-refractivity contribution in [1.29, 1.82) is 15.8 Å². The monoisotopic (exact) mass is 185 g/mol. The quantitative estimate of drug-likeness (QED) is 0.667. The van der Waals surface area contributed by atoms with E-state index in [-0.39, 0.29) is 17.5 Å². The van der Waals surface area contributed by atoms with Crippen molar-refractivity contribution in [3.8, 4) is 18.2 Å². The highest BCUT2D eigenvalue weighted by atomic mass is 19.1. The van der Waals surface area contributed by atoms with Crippen LogP contribution >= 0.6 is 0 Å². The molecule has 0 atom stereocenters. The molecule has 0 unspecified atom stereocenters. The lowest BCUT2D eigenvalue weighted by molar-refractivity contribution is 0.622. The molecule has 0 saturated heterocycles. The largest absolute Gasteiger partial charge is 0.205 e. The van der Waals surface area contributed by atoms with E-state index in [4.69, 9.17) is 15.8 Å². The first-order valence-corrected chi connectivity index (χ1v) is 3.72. The molecule has 0 N–H and O–H groups in total. The minimum atomic E-state index is -0.731. The normalized spacial score (nSPS) is 8.43. The van der Waals surface area contributed by atoms with E-state index in [0.717, 1.165) is 6.07 Å². The molecule has 0 bridgehead atoms. The molecule has 14 heavy (non-hydrogen) atoms. The maximum Gasteiger partial charge on any atom is 0.142 e. The molecule has 1 rings (SSSR count). The van der Waals surface area contributed by atoms with Crippen LogP contribution in [0.25, 0.3) is 0 Å². The summed E-state index contributed by atoms with van der Waals surface area (Å²) in [5.74, 6) is -0.731. The first-order chi connectivity index (χ1) is 6.72. The summed E-state index contributed by atoms with van der Waals surface area (Å²) >= 11 is 0. The Morgan fingerprint density at radius 2 is 1.71 bits per heavy atom. The second-order valence-corrected chi connectivity index (χ2v) is 2.55. The van der Waals surface area contributed by atoms with Gasteiger partial charge in [0.1, 0.15) is 11.9 Å². The molecule has 1 aromatic rings. The van der Waals surface area contributed by atoms with Gasteiger partial charge in [0.25, 0.3) is 0 Å². The van der Waals surface area contributed by atoms with Crippen LogP contribution in [-0.4, -0.2) is 0 Å². The summed E-state index contributed by atoms with van der Waals surface area (Å²) in [5.41, 5.74) is 0.338. The van der Waals surface area contributed by atoms with Crippen molar-refractivity contribution >= 4 is 0 Å². The van der Waals surface area contributed by atoms with Crippen LogP contribution < -0.4 is 0 Å². The summed E-state index contributed by atoms with van der Waals surface area (Å²) in [6.07, 6.45) is -0.00213. The van der Waals surface area contributed by atoms with Gasteiger partial charge in [0.2, 0.25) is 0 Å². The van der Waals surface area contributed by atoms with Crippen LogP contribution in [0, 0.1) is 39.8 Å². The smallest absolute Gasteiger partial charge is 0.142 e. The van der Waals surface area contributed by atoms with E-state index in [0.29, 0.717) is 5.56 Å². The third-order valence-electron chi connectivity index (χ3n) is 1.70. The van der Waals surface area contributed by atoms with Gasteiger partial charge in [-0.05, 0) is 17.7 Å². The third kappa shape index (κ3) is 1.68. The van der Waals surface area contributed by atoms with E-state index < -0.39 is 5.82 Å². The van der Waals surface area contributed by atoms with Crippen molar-refractivity contribution in [2.24, 2.45) is 0 Å². The summed E-state index contributed by atoms with van der Waals surface area (Å²) in [6, 6.07) is 7.48. The van der Waals surface area contributed by atoms with Gasteiger partial charge in [0.15, 0.2) is 0 Å². The minimum Gasteiger partial charge on any atom is -0.205 e. The van der Waals surface area contributed by atoms with Gasteiger partial charge in [0, 0.05) is 0 Å². The Labute approximate surface area is 80.2 Å². The maximum absolute atomic E-state index is 13.0. The molecule has 1 aromatic carbocycles. The average Bonchev–Trinajstić information content (AvgIpc) is 2.20. The first-order valence-electron chi connectivity index (χ1n) is 3.72. The van der Waals surface area contributed by atoms with Gasteiger partial charge in [0.05, 0.1) is 29.7 Å². The highest BCUT2D eigenvalue weighted by molar-refractivity contribution is 5.45. The number of hydrogen-bond donors (Lipinski definition) is 0. The molecule has 0 radical (unpaired) electrons. The molecule has 0 aliphatic heterocycles. The van der Waals surface area contributed by atoms with Gasteiger partial charge in [-0.3, -0.25) is 0 Å². The lowest BCUT2D eigenvalue weighted by atomic mass is 10.0. The number of rotatable bonds is 1. The van der Waals surface area contributed by atoms with Crippen LogP contribution in [0.2, 0.25) is 0 Å². The molecule has 0 aliphatic rings. The van der Waals surface area contributed by atoms with E-state index >= 15 is 0 Å². The van der Waals surface area contributed by atoms with E-state index in [9.17, 15) is 4.39 Å². The van der Waals surface area contributed by atoms with E-state index in [1.165, 1.54) is 6.07 Å². The van der Waals surface area contributed by atoms with Crippen LogP contribution in [0.15, 0.2) is 12.1 Å². The standard InChI is InChI=1S/C10H4FN3/c11-10-4-8(5-13)7(1-2-12)3-9(10)6-14/h3-4H,1H2. The van der Waals surface area contributed by atoms with E-state index in [2.05, 4.69) is 0 Å².